The molecule has 6 aromatic carbocycles. The van der Waals surface area contributed by atoms with E-state index in [1.54, 1.807) is 0 Å². The van der Waals surface area contributed by atoms with Gasteiger partial charge < -0.3 is 0 Å². The first-order valence-corrected chi connectivity index (χ1v) is 13.7. The van der Waals surface area contributed by atoms with Gasteiger partial charge >= 0.3 is 0 Å². The second kappa shape index (κ2) is 7.71. The largest absolute Gasteiger partial charge is 0.0888 e. The van der Waals surface area contributed by atoms with E-state index in [0.29, 0.717) is 0 Å². The van der Waals surface area contributed by atoms with Gasteiger partial charge in [-0.1, -0.05) is 127 Å². The van der Waals surface area contributed by atoms with Crippen molar-refractivity contribution >= 4 is 22.5 Å². The molecule has 0 saturated carbocycles. The van der Waals surface area contributed by atoms with Crippen LogP contribution in [0.4, 0.5) is 0 Å². The molecule has 1 heteroatoms. The zero-order chi connectivity index (χ0) is 24.6. The van der Waals surface area contributed by atoms with Gasteiger partial charge in [0.25, 0.3) is 0 Å². The Kier molecular flexibility index (Phi) is 4.39. The SMILES string of the molecule is CC1(c2ccccc2)c2ccccc2-c2cccc(-c3ccc4cccc5c4c3-c3ccccc3S5)c21. The van der Waals surface area contributed by atoms with Crippen molar-refractivity contribution in [2.75, 3.05) is 0 Å². The molecule has 0 amide bonds. The number of hydrogen-bond acceptors (Lipinski definition) is 1. The molecule has 0 nitrogen and oxygen atoms in total. The fourth-order valence-electron chi connectivity index (χ4n) is 6.72. The Morgan fingerprint density at radius 2 is 1.14 bits per heavy atom. The molecule has 1 aliphatic heterocycles. The summed E-state index contributed by atoms with van der Waals surface area (Å²) in [5.74, 6) is 0. The number of rotatable bonds is 2. The van der Waals surface area contributed by atoms with Gasteiger partial charge in [0, 0.05) is 20.6 Å². The fourth-order valence-corrected chi connectivity index (χ4v) is 7.85. The summed E-state index contributed by atoms with van der Waals surface area (Å²) in [5, 5.41) is 2.68. The maximum absolute atomic E-state index is 2.41. The molecule has 37 heavy (non-hydrogen) atoms. The minimum atomic E-state index is -0.242. The van der Waals surface area contributed by atoms with Crippen molar-refractivity contribution in [3.05, 3.63) is 144 Å². The molecule has 0 N–H and O–H groups in total. The van der Waals surface area contributed by atoms with Crippen molar-refractivity contribution in [1.82, 2.24) is 0 Å². The minimum absolute atomic E-state index is 0.242. The van der Waals surface area contributed by atoms with Crippen LogP contribution >= 0.6 is 11.8 Å². The van der Waals surface area contributed by atoms with E-state index in [1.165, 1.54) is 70.6 Å². The van der Waals surface area contributed by atoms with E-state index in [4.69, 9.17) is 0 Å². The lowest BCUT2D eigenvalue weighted by atomic mass is 9.71. The molecule has 1 heterocycles. The molecule has 0 saturated heterocycles. The van der Waals surface area contributed by atoms with Gasteiger partial charge in [-0.3, -0.25) is 0 Å². The van der Waals surface area contributed by atoms with Crippen LogP contribution < -0.4 is 0 Å². The highest BCUT2D eigenvalue weighted by molar-refractivity contribution is 7.99. The Hall–Kier alpha value is -4.07. The number of benzene rings is 6. The molecular weight excluding hydrogens is 464 g/mol. The van der Waals surface area contributed by atoms with Gasteiger partial charge in [-0.05, 0) is 74.5 Å². The maximum atomic E-state index is 2.41. The van der Waals surface area contributed by atoms with E-state index in [-0.39, 0.29) is 5.41 Å². The van der Waals surface area contributed by atoms with Crippen LogP contribution in [0.25, 0.3) is 44.2 Å². The lowest BCUT2D eigenvalue weighted by molar-refractivity contribution is 0.716. The van der Waals surface area contributed by atoms with Gasteiger partial charge in [0.05, 0.1) is 0 Å². The average molecular weight is 489 g/mol. The third-order valence-corrected chi connectivity index (χ3v) is 9.48. The zero-order valence-corrected chi connectivity index (χ0v) is 21.3. The molecule has 0 radical (unpaired) electrons. The second-order valence-electron chi connectivity index (χ2n) is 10.2. The van der Waals surface area contributed by atoms with E-state index >= 15 is 0 Å². The Morgan fingerprint density at radius 1 is 0.486 bits per heavy atom. The van der Waals surface area contributed by atoms with E-state index in [1.807, 2.05) is 11.8 Å². The summed E-state index contributed by atoms with van der Waals surface area (Å²) in [6, 6.07) is 47.2. The number of fused-ring (bicyclic) bond motifs is 5. The standard InChI is InChI=1S/C36H24S/c1-36(24-12-3-2-4-13-24)30-18-7-5-14-25(30)27-16-10-17-28(35(27)36)26-22-21-23-11-9-20-32-33(23)34(26)29-15-6-8-19-31(29)37-32/h2-22H,1H3. The van der Waals surface area contributed by atoms with Crippen molar-refractivity contribution in [3.8, 4) is 33.4 Å². The smallest absolute Gasteiger partial charge is 0.0441 e. The van der Waals surface area contributed by atoms with E-state index in [9.17, 15) is 0 Å². The molecule has 174 valence electrons. The first-order valence-electron chi connectivity index (χ1n) is 12.9. The van der Waals surface area contributed by atoms with Crippen LogP contribution in [0.15, 0.2) is 137 Å². The summed E-state index contributed by atoms with van der Waals surface area (Å²) in [6.07, 6.45) is 0. The first kappa shape index (κ1) is 21.1. The van der Waals surface area contributed by atoms with Crippen LogP contribution in [0.5, 0.6) is 0 Å². The Labute approximate surface area is 221 Å². The van der Waals surface area contributed by atoms with Gasteiger partial charge in [0.2, 0.25) is 0 Å². The van der Waals surface area contributed by atoms with Crippen LogP contribution in [0.3, 0.4) is 0 Å². The quantitative estimate of drug-likeness (QED) is 0.233. The summed E-state index contributed by atoms with van der Waals surface area (Å²) in [7, 11) is 0. The summed E-state index contributed by atoms with van der Waals surface area (Å²) < 4.78 is 0. The normalized spacial score (nSPS) is 16.8. The molecule has 6 aromatic rings. The van der Waals surface area contributed by atoms with Crippen LogP contribution in [0.2, 0.25) is 0 Å². The molecule has 1 aliphatic carbocycles. The number of hydrogen-bond donors (Lipinski definition) is 0. The summed E-state index contributed by atoms with van der Waals surface area (Å²) in [4.78, 5) is 2.67. The van der Waals surface area contributed by atoms with E-state index < -0.39 is 0 Å². The molecule has 1 atom stereocenters. The van der Waals surface area contributed by atoms with E-state index in [0.717, 1.165) is 0 Å². The fraction of sp³-hybridized carbons (Fsp3) is 0.0556. The Balaban J connectivity index is 1.51. The maximum Gasteiger partial charge on any atom is 0.0441 e. The van der Waals surface area contributed by atoms with Gasteiger partial charge in [-0.15, -0.1) is 0 Å². The lowest BCUT2D eigenvalue weighted by Crippen LogP contribution is -2.23. The highest BCUT2D eigenvalue weighted by Crippen LogP contribution is 2.58. The van der Waals surface area contributed by atoms with Gasteiger partial charge in [0.1, 0.15) is 0 Å². The molecular formula is C36H24S. The second-order valence-corrected chi connectivity index (χ2v) is 11.3. The lowest BCUT2D eigenvalue weighted by Gasteiger charge is -2.31. The van der Waals surface area contributed by atoms with Crippen molar-refractivity contribution in [2.45, 2.75) is 22.1 Å². The molecule has 0 fully saturated rings. The van der Waals surface area contributed by atoms with Crippen molar-refractivity contribution < 1.29 is 0 Å². The van der Waals surface area contributed by atoms with Crippen molar-refractivity contribution in [3.63, 3.8) is 0 Å². The van der Waals surface area contributed by atoms with Gasteiger partial charge in [0.15, 0.2) is 0 Å². The van der Waals surface area contributed by atoms with Gasteiger partial charge in [-0.25, -0.2) is 0 Å². The predicted octanol–water partition coefficient (Wildman–Crippen LogP) is 9.97. The minimum Gasteiger partial charge on any atom is -0.0888 e. The molecule has 1 unspecified atom stereocenters. The van der Waals surface area contributed by atoms with Crippen LogP contribution in [-0.2, 0) is 5.41 Å². The summed E-state index contributed by atoms with van der Waals surface area (Å²) in [5.41, 5.74) is 11.9. The molecule has 8 rings (SSSR count). The van der Waals surface area contributed by atoms with Crippen LogP contribution in [0, 0.1) is 0 Å². The topological polar surface area (TPSA) is 0 Å². The first-order chi connectivity index (χ1) is 18.2. The molecule has 0 bridgehead atoms. The molecule has 2 aliphatic rings. The summed E-state index contributed by atoms with van der Waals surface area (Å²) >= 11 is 1.89. The molecule has 0 aromatic heterocycles. The third-order valence-electron chi connectivity index (χ3n) is 8.35. The Bertz CT molecular complexity index is 1860. The molecule has 0 spiro atoms. The van der Waals surface area contributed by atoms with Gasteiger partial charge in [-0.2, -0.15) is 0 Å². The highest BCUT2D eigenvalue weighted by atomic mass is 32.2. The van der Waals surface area contributed by atoms with Crippen molar-refractivity contribution in [2.24, 2.45) is 0 Å². The zero-order valence-electron chi connectivity index (χ0n) is 20.5. The van der Waals surface area contributed by atoms with Crippen LogP contribution in [-0.4, -0.2) is 0 Å². The highest BCUT2D eigenvalue weighted by Gasteiger charge is 2.42. The van der Waals surface area contributed by atoms with Crippen molar-refractivity contribution in [1.29, 1.82) is 0 Å². The predicted molar refractivity (Wildman–Crippen MR) is 156 cm³/mol. The van der Waals surface area contributed by atoms with Crippen LogP contribution in [0.1, 0.15) is 23.6 Å². The Morgan fingerprint density at radius 3 is 2.00 bits per heavy atom. The third kappa shape index (κ3) is 2.81. The summed E-state index contributed by atoms with van der Waals surface area (Å²) in [6.45, 7) is 2.41. The monoisotopic (exact) mass is 488 g/mol. The average Bonchev–Trinajstić information content (AvgIpc) is 3.23. The van der Waals surface area contributed by atoms with E-state index in [2.05, 4.69) is 134 Å².